The van der Waals surface area contributed by atoms with Gasteiger partial charge in [0.2, 0.25) is 0 Å². The summed E-state index contributed by atoms with van der Waals surface area (Å²) < 4.78 is 1.52. The summed E-state index contributed by atoms with van der Waals surface area (Å²) in [4.78, 5) is 16.8. The number of aryl methyl sites for hydroxylation is 2. The number of amides is 1. The number of nitrogens with zero attached hydrogens (tertiary/aromatic N) is 3. The molecule has 0 aliphatic heterocycles. The average Bonchev–Trinajstić information content (AvgIpc) is 2.93. The number of thiazole rings is 1. The zero-order valence-corrected chi connectivity index (χ0v) is 13.8. The summed E-state index contributed by atoms with van der Waals surface area (Å²) in [6.07, 6.45) is 0.693. The smallest absolute Gasteiger partial charge is 0.277 e. The number of carbonyl (C=O) groups excluding carboxylic acids is 1. The van der Waals surface area contributed by atoms with Crippen molar-refractivity contribution in [1.82, 2.24) is 14.8 Å². The first-order valence-corrected chi connectivity index (χ1v) is 7.70. The van der Waals surface area contributed by atoms with Gasteiger partial charge in [-0.15, -0.1) is 11.3 Å². The molecule has 6 nitrogen and oxygen atoms in total. The van der Waals surface area contributed by atoms with Gasteiger partial charge in [-0.1, -0.05) is 27.7 Å². The molecular formula is C14H21N5OS. The molecule has 0 saturated heterocycles. The van der Waals surface area contributed by atoms with Crippen molar-refractivity contribution >= 4 is 28.1 Å². The van der Waals surface area contributed by atoms with Crippen molar-refractivity contribution in [2.75, 3.05) is 11.1 Å². The Labute approximate surface area is 128 Å². The first-order chi connectivity index (χ1) is 9.74. The summed E-state index contributed by atoms with van der Waals surface area (Å²) in [5.41, 5.74) is 8.44. The Bertz CT molecular complexity index is 665. The molecule has 0 radical (unpaired) electrons. The van der Waals surface area contributed by atoms with Crippen LogP contribution < -0.4 is 11.1 Å². The quantitative estimate of drug-likeness (QED) is 0.912. The van der Waals surface area contributed by atoms with E-state index in [1.807, 2.05) is 12.3 Å². The number of rotatable bonds is 3. The second-order valence-electron chi connectivity index (χ2n) is 5.93. The Morgan fingerprint density at radius 2 is 2.14 bits per heavy atom. The number of aromatic nitrogens is 3. The molecule has 2 rings (SSSR count). The van der Waals surface area contributed by atoms with Gasteiger partial charge in [0.1, 0.15) is 5.69 Å². The Morgan fingerprint density at radius 1 is 1.48 bits per heavy atom. The summed E-state index contributed by atoms with van der Waals surface area (Å²) >= 11 is 1.41. The average molecular weight is 307 g/mol. The van der Waals surface area contributed by atoms with Gasteiger partial charge in [0, 0.05) is 17.8 Å². The third kappa shape index (κ3) is 3.07. The molecule has 3 N–H and O–H groups in total. The molecular weight excluding hydrogens is 286 g/mol. The van der Waals surface area contributed by atoms with Crippen LogP contribution in [0.4, 0.5) is 10.8 Å². The van der Waals surface area contributed by atoms with Crippen LogP contribution >= 0.6 is 11.3 Å². The molecule has 0 fully saturated rings. The van der Waals surface area contributed by atoms with Gasteiger partial charge in [-0.3, -0.25) is 14.8 Å². The van der Waals surface area contributed by atoms with Gasteiger partial charge >= 0.3 is 0 Å². The summed E-state index contributed by atoms with van der Waals surface area (Å²) in [5, 5.41) is 9.58. The fraction of sp³-hybridized carbons (Fsp3) is 0.500. The van der Waals surface area contributed by atoms with Gasteiger partial charge in [0.05, 0.1) is 17.1 Å². The molecule has 0 saturated carbocycles. The Kier molecular flexibility index (Phi) is 4.04. The maximum Gasteiger partial charge on any atom is 0.277 e. The number of hydrogen-bond donors (Lipinski definition) is 2. The van der Waals surface area contributed by atoms with Crippen LogP contribution in [0.3, 0.4) is 0 Å². The second-order valence-corrected chi connectivity index (χ2v) is 6.79. The van der Waals surface area contributed by atoms with Crippen LogP contribution in [0.15, 0.2) is 5.38 Å². The molecule has 0 aliphatic rings. The van der Waals surface area contributed by atoms with Gasteiger partial charge in [-0.2, -0.15) is 5.10 Å². The predicted molar refractivity (Wildman–Crippen MR) is 85.8 cm³/mol. The van der Waals surface area contributed by atoms with Crippen LogP contribution in [0.1, 0.15) is 49.6 Å². The summed E-state index contributed by atoms with van der Waals surface area (Å²) in [6, 6.07) is 0. The first-order valence-electron chi connectivity index (χ1n) is 6.82. The van der Waals surface area contributed by atoms with E-state index in [1.54, 1.807) is 7.05 Å². The monoisotopic (exact) mass is 307 g/mol. The SMILES string of the molecule is CCc1nn(C)c(C(=O)Nc2nc(C(C)(C)C)cs2)c1N. The molecule has 2 aromatic rings. The van der Waals surface area contributed by atoms with Gasteiger partial charge in [-0.25, -0.2) is 4.98 Å². The number of hydrogen-bond acceptors (Lipinski definition) is 5. The highest BCUT2D eigenvalue weighted by Gasteiger charge is 2.22. The molecule has 0 bridgehead atoms. The normalized spacial score (nSPS) is 11.7. The number of anilines is 2. The third-order valence-electron chi connectivity index (χ3n) is 3.20. The second kappa shape index (κ2) is 5.48. The predicted octanol–water partition coefficient (Wildman–Crippen LogP) is 2.57. The lowest BCUT2D eigenvalue weighted by molar-refractivity contribution is 0.101. The van der Waals surface area contributed by atoms with E-state index in [9.17, 15) is 4.79 Å². The maximum absolute atomic E-state index is 12.4. The minimum absolute atomic E-state index is 0.0413. The van der Waals surface area contributed by atoms with Crippen molar-refractivity contribution in [3.63, 3.8) is 0 Å². The topological polar surface area (TPSA) is 85.8 Å². The lowest BCUT2D eigenvalue weighted by Crippen LogP contribution is -2.18. The summed E-state index contributed by atoms with van der Waals surface area (Å²) in [7, 11) is 1.72. The van der Waals surface area contributed by atoms with Crippen molar-refractivity contribution in [1.29, 1.82) is 0 Å². The molecule has 114 valence electrons. The zero-order chi connectivity index (χ0) is 15.8. The zero-order valence-electron chi connectivity index (χ0n) is 13.0. The minimum atomic E-state index is -0.281. The van der Waals surface area contributed by atoms with Gasteiger partial charge in [0.25, 0.3) is 5.91 Å². The number of carbonyl (C=O) groups is 1. The highest BCUT2D eigenvalue weighted by Crippen LogP contribution is 2.27. The van der Waals surface area contributed by atoms with E-state index >= 15 is 0 Å². The van der Waals surface area contributed by atoms with Gasteiger partial charge in [0.15, 0.2) is 5.13 Å². The van der Waals surface area contributed by atoms with E-state index in [0.717, 1.165) is 11.4 Å². The Morgan fingerprint density at radius 3 is 2.62 bits per heavy atom. The van der Waals surface area contributed by atoms with E-state index in [1.165, 1.54) is 16.0 Å². The lowest BCUT2D eigenvalue weighted by Gasteiger charge is -2.14. The minimum Gasteiger partial charge on any atom is -0.395 e. The number of nitrogens with two attached hydrogens (primary N) is 1. The molecule has 2 aromatic heterocycles. The highest BCUT2D eigenvalue weighted by atomic mass is 32.1. The molecule has 21 heavy (non-hydrogen) atoms. The molecule has 7 heteroatoms. The molecule has 0 aliphatic carbocycles. The molecule has 2 heterocycles. The van der Waals surface area contributed by atoms with E-state index < -0.39 is 0 Å². The molecule has 0 unspecified atom stereocenters. The van der Waals surface area contributed by atoms with E-state index in [4.69, 9.17) is 5.73 Å². The molecule has 0 spiro atoms. The van der Waals surface area contributed by atoms with Crippen LogP contribution in [0, 0.1) is 0 Å². The van der Waals surface area contributed by atoms with Crippen molar-refractivity contribution < 1.29 is 4.79 Å². The van der Waals surface area contributed by atoms with Gasteiger partial charge < -0.3 is 5.73 Å². The van der Waals surface area contributed by atoms with Crippen molar-refractivity contribution in [3.8, 4) is 0 Å². The third-order valence-corrected chi connectivity index (χ3v) is 3.96. The van der Waals surface area contributed by atoms with E-state index in [-0.39, 0.29) is 11.3 Å². The van der Waals surface area contributed by atoms with E-state index in [2.05, 4.69) is 36.2 Å². The summed E-state index contributed by atoms with van der Waals surface area (Å²) in [5.74, 6) is -0.281. The van der Waals surface area contributed by atoms with Crippen LogP contribution in [0.2, 0.25) is 0 Å². The van der Waals surface area contributed by atoms with Crippen molar-refractivity contribution in [3.05, 3.63) is 22.5 Å². The first kappa shape index (κ1) is 15.5. The Balaban J connectivity index is 2.23. The fourth-order valence-corrected chi connectivity index (χ4v) is 2.89. The maximum atomic E-state index is 12.4. The molecule has 0 aromatic carbocycles. The summed E-state index contributed by atoms with van der Waals surface area (Å²) in [6.45, 7) is 8.21. The van der Waals surface area contributed by atoms with Gasteiger partial charge in [-0.05, 0) is 6.42 Å². The van der Waals surface area contributed by atoms with Crippen LogP contribution in [0.5, 0.6) is 0 Å². The van der Waals surface area contributed by atoms with Crippen LogP contribution in [-0.4, -0.2) is 20.7 Å². The fourth-order valence-electron chi connectivity index (χ4n) is 1.96. The largest absolute Gasteiger partial charge is 0.395 e. The number of nitrogen functional groups attached to an aromatic ring is 1. The van der Waals surface area contributed by atoms with Crippen molar-refractivity contribution in [2.24, 2.45) is 7.05 Å². The molecule has 0 atom stereocenters. The standard InChI is InChI=1S/C14H21N5OS/c1-6-8-10(15)11(19(5)18-8)12(20)17-13-16-9(7-21-13)14(2,3)4/h7H,6,15H2,1-5H3,(H,16,17,20). The van der Waals surface area contributed by atoms with Crippen LogP contribution in [-0.2, 0) is 18.9 Å². The Hall–Kier alpha value is -1.89. The lowest BCUT2D eigenvalue weighted by atomic mass is 9.93. The van der Waals surface area contributed by atoms with E-state index in [0.29, 0.717) is 22.9 Å². The van der Waals surface area contributed by atoms with Crippen molar-refractivity contribution in [2.45, 2.75) is 39.5 Å². The highest BCUT2D eigenvalue weighted by molar-refractivity contribution is 7.14. The number of nitrogens with one attached hydrogen (secondary N) is 1. The van der Waals surface area contributed by atoms with Crippen LogP contribution in [0.25, 0.3) is 0 Å². The molecule has 1 amide bonds.